The topological polar surface area (TPSA) is 9.23 Å². The molecule has 0 amide bonds. The molecule has 126 valence electrons. The van der Waals surface area contributed by atoms with Crippen molar-refractivity contribution in [1.82, 2.24) is 0 Å². The largest absolute Gasteiger partial charge is 0.413 e. The van der Waals surface area contributed by atoms with Gasteiger partial charge in [-0.3, -0.25) is 0 Å². The van der Waals surface area contributed by atoms with Crippen molar-refractivity contribution in [3.05, 3.63) is 23.3 Å². The van der Waals surface area contributed by atoms with Gasteiger partial charge in [0.15, 0.2) is 8.32 Å². The predicted molar refractivity (Wildman–Crippen MR) is 99.6 cm³/mol. The van der Waals surface area contributed by atoms with E-state index >= 15 is 0 Å². The summed E-state index contributed by atoms with van der Waals surface area (Å²) in [5.74, 6) is 1.97. The van der Waals surface area contributed by atoms with Crippen LogP contribution in [0.25, 0.3) is 0 Å². The van der Waals surface area contributed by atoms with Gasteiger partial charge < -0.3 is 4.43 Å². The van der Waals surface area contributed by atoms with E-state index in [2.05, 4.69) is 66.8 Å². The highest BCUT2D eigenvalue weighted by Crippen LogP contribution is 2.46. The minimum Gasteiger partial charge on any atom is -0.413 e. The van der Waals surface area contributed by atoms with Crippen LogP contribution in [-0.2, 0) is 4.43 Å². The second kappa shape index (κ2) is 6.28. The molecule has 0 unspecified atom stereocenters. The fourth-order valence-corrected chi connectivity index (χ4v) is 4.99. The molecule has 22 heavy (non-hydrogen) atoms. The zero-order chi connectivity index (χ0) is 16.7. The van der Waals surface area contributed by atoms with Gasteiger partial charge in [-0.1, -0.05) is 57.9 Å². The van der Waals surface area contributed by atoms with Crippen LogP contribution in [0.5, 0.6) is 0 Å². The van der Waals surface area contributed by atoms with Crippen molar-refractivity contribution in [2.24, 2.45) is 17.8 Å². The van der Waals surface area contributed by atoms with Crippen molar-refractivity contribution in [3.8, 4) is 0 Å². The van der Waals surface area contributed by atoms with Gasteiger partial charge in [0.1, 0.15) is 0 Å². The molecule has 0 aliphatic heterocycles. The second-order valence-electron chi connectivity index (χ2n) is 9.23. The smallest absolute Gasteiger partial charge is 0.192 e. The summed E-state index contributed by atoms with van der Waals surface area (Å²) in [6, 6.07) is 0. The quantitative estimate of drug-likeness (QED) is 0.436. The molecule has 0 aromatic rings. The highest BCUT2D eigenvalue weighted by Gasteiger charge is 2.44. The van der Waals surface area contributed by atoms with E-state index < -0.39 is 8.32 Å². The monoisotopic (exact) mass is 320 g/mol. The van der Waals surface area contributed by atoms with Crippen molar-refractivity contribution in [1.29, 1.82) is 0 Å². The maximum atomic E-state index is 6.83. The third kappa shape index (κ3) is 3.59. The lowest BCUT2D eigenvalue weighted by molar-refractivity contribution is 0.152. The molecule has 0 radical (unpaired) electrons. The Hall–Kier alpha value is -0.343. The zero-order valence-electron chi connectivity index (χ0n) is 16.0. The van der Waals surface area contributed by atoms with Crippen molar-refractivity contribution < 1.29 is 4.43 Å². The van der Waals surface area contributed by atoms with E-state index in [1.54, 1.807) is 11.1 Å². The van der Waals surface area contributed by atoms with Crippen molar-refractivity contribution in [2.45, 2.75) is 85.0 Å². The van der Waals surface area contributed by atoms with Crippen molar-refractivity contribution >= 4 is 8.32 Å². The Kier molecular flexibility index (Phi) is 5.14. The summed E-state index contributed by atoms with van der Waals surface area (Å²) in [7, 11) is -1.68. The Balaban J connectivity index is 2.25. The number of hydrogen-bond acceptors (Lipinski definition) is 1. The van der Waals surface area contributed by atoms with E-state index in [9.17, 15) is 0 Å². The summed E-state index contributed by atoms with van der Waals surface area (Å²) in [6.45, 7) is 18.8. The van der Waals surface area contributed by atoms with Crippen LogP contribution >= 0.6 is 0 Å². The van der Waals surface area contributed by atoms with E-state index in [-0.39, 0.29) is 0 Å². The predicted octanol–water partition coefficient (Wildman–Crippen LogP) is 6.34. The molecule has 2 aliphatic carbocycles. The molecule has 1 nitrogen and oxygen atoms in total. The van der Waals surface area contributed by atoms with E-state index in [4.69, 9.17) is 4.43 Å². The summed E-state index contributed by atoms with van der Waals surface area (Å²) in [4.78, 5) is 0. The van der Waals surface area contributed by atoms with Crippen LogP contribution in [0.4, 0.5) is 0 Å². The maximum absolute atomic E-state index is 6.83. The van der Waals surface area contributed by atoms with Gasteiger partial charge in [-0.15, -0.1) is 0 Å². The molecule has 1 saturated carbocycles. The Morgan fingerprint density at radius 2 is 1.82 bits per heavy atom. The first-order valence-electron chi connectivity index (χ1n) is 9.08. The first-order valence-corrected chi connectivity index (χ1v) is 12.0. The molecule has 2 aliphatic rings. The van der Waals surface area contributed by atoms with Gasteiger partial charge in [0.2, 0.25) is 0 Å². The molecule has 0 bridgehead atoms. The summed E-state index contributed by atoms with van der Waals surface area (Å²) in [5, 5.41) is 0.297. The number of allylic oxidation sites excluding steroid dienone is 3. The molecule has 2 rings (SSSR count). The van der Waals surface area contributed by atoms with Gasteiger partial charge >= 0.3 is 0 Å². The standard InChI is InChI=1S/C20H36OSi/c1-14(2)16-10-9-15(3)17-11-12-19(18(17)13-16)21-22(7,8)20(4,5)6/h9,13-14,17-19H,10-12H2,1-8H3/t17-,18-,19-/m0/s1. The fraction of sp³-hybridized carbons (Fsp3) is 0.800. The summed E-state index contributed by atoms with van der Waals surface area (Å²) >= 11 is 0. The van der Waals surface area contributed by atoms with Gasteiger partial charge in [0.05, 0.1) is 6.10 Å². The van der Waals surface area contributed by atoms with Gasteiger partial charge in [0, 0.05) is 5.92 Å². The minimum atomic E-state index is -1.68. The lowest BCUT2D eigenvalue weighted by Gasteiger charge is -2.40. The zero-order valence-corrected chi connectivity index (χ0v) is 17.0. The van der Waals surface area contributed by atoms with Crippen molar-refractivity contribution in [2.75, 3.05) is 0 Å². The normalized spacial score (nSPS) is 30.0. The van der Waals surface area contributed by atoms with E-state index in [1.165, 1.54) is 12.8 Å². The average Bonchev–Trinajstić information content (AvgIpc) is 2.65. The van der Waals surface area contributed by atoms with Gasteiger partial charge in [-0.05, 0) is 56.2 Å². The van der Waals surface area contributed by atoms with Gasteiger partial charge in [0.25, 0.3) is 0 Å². The molecular formula is C20H36OSi. The molecule has 0 N–H and O–H groups in total. The molecule has 1 fully saturated rings. The van der Waals surface area contributed by atoms with Crippen LogP contribution in [0, 0.1) is 17.8 Å². The molecule has 2 heteroatoms. The molecule has 0 aromatic carbocycles. The van der Waals surface area contributed by atoms with E-state index in [1.807, 2.05) is 0 Å². The number of hydrogen-bond donors (Lipinski definition) is 0. The van der Waals surface area contributed by atoms with Gasteiger partial charge in [-0.2, -0.15) is 0 Å². The highest BCUT2D eigenvalue weighted by atomic mass is 28.4. The molecule has 0 saturated heterocycles. The Morgan fingerprint density at radius 1 is 1.18 bits per heavy atom. The Morgan fingerprint density at radius 3 is 2.36 bits per heavy atom. The van der Waals surface area contributed by atoms with Crippen LogP contribution in [0.3, 0.4) is 0 Å². The third-order valence-electron chi connectivity index (χ3n) is 6.30. The average molecular weight is 321 g/mol. The highest BCUT2D eigenvalue weighted by molar-refractivity contribution is 6.74. The minimum absolute atomic E-state index is 0.297. The van der Waals surface area contributed by atoms with Crippen LogP contribution in [0.15, 0.2) is 23.3 Å². The molecule has 0 spiro atoms. The fourth-order valence-electron chi connectivity index (χ4n) is 3.61. The second-order valence-corrected chi connectivity index (χ2v) is 14.0. The van der Waals surface area contributed by atoms with Crippen LogP contribution < -0.4 is 0 Å². The Bertz CT molecular complexity index is 465. The first kappa shape index (κ1) is 18.0. The van der Waals surface area contributed by atoms with Gasteiger partial charge in [-0.25, -0.2) is 0 Å². The number of rotatable bonds is 3. The maximum Gasteiger partial charge on any atom is 0.192 e. The molecule has 3 atom stereocenters. The van der Waals surface area contributed by atoms with Crippen LogP contribution in [0.2, 0.25) is 18.1 Å². The first-order chi connectivity index (χ1) is 10.0. The SMILES string of the molecule is CC1=CCC(C(C)C)=C[C@@H]2[C@@H](O[Si](C)(C)C(C)(C)C)CC[C@@H]12. The lowest BCUT2D eigenvalue weighted by Crippen LogP contribution is -2.45. The number of fused-ring (bicyclic) bond motifs is 1. The summed E-state index contributed by atoms with van der Waals surface area (Å²) < 4.78 is 6.83. The molecule has 0 heterocycles. The van der Waals surface area contributed by atoms with Crippen LogP contribution in [-0.4, -0.2) is 14.4 Å². The van der Waals surface area contributed by atoms with Crippen LogP contribution in [0.1, 0.15) is 60.8 Å². The molecule has 0 aromatic heterocycles. The summed E-state index contributed by atoms with van der Waals surface area (Å²) in [5.41, 5.74) is 3.20. The van der Waals surface area contributed by atoms with E-state index in [0.717, 1.165) is 6.42 Å². The Labute approximate surface area is 139 Å². The molecular weight excluding hydrogens is 284 g/mol. The summed E-state index contributed by atoms with van der Waals surface area (Å²) in [6.07, 6.45) is 9.17. The third-order valence-corrected chi connectivity index (χ3v) is 10.8. The van der Waals surface area contributed by atoms with E-state index in [0.29, 0.717) is 28.9 Å². The lowest BCUT2D eigenvalue weighted by atomic mass is 9.88. The van der Waals surface area contributed by atoms with Crippen molar-refractivity contribution in [3.63, 3.8) is 0 Å².